The first-order valence-corrected chi connectivity index (χ1v) is 15.0. The maximum Gasteiger partial charge on any atom is 0.335 e. The summed E-state index contributed by atoms with van der Waals surface area (Å²) in [7, 11) is 0. The van der Waals surface area contributed by atoms with Crippen molar-refractivity contribution >= 4 is 23.7 Å². The monoisotopic (exact) mass is 651 g/mol. The van der Waals surface area contributed by atoms with Crippen molar-refractivity contribution in [3.8, 4) is 0 Å². The van der Waals surface area contributed by atoms with Crippen LogP contribution in [0.4, 0.5) is 0 Å². The molecule has 3 heterocycles. The molecular formula is C27H49N5O13+2. The Labute approximate surface area is 260 Å². The van der Waals surface area contributed by atoms with Crippen LogP contribution in [0.1, 0.15) is 48.0 Å². The fourth-order valence-corrected chi connectivity index (χ4v) is 5.66. The van der Waals surface area contributed by atoms with Crippen molar-refractivity contribution < 1.29 is 74.4 Å². The maximum atomic E-state index is 12.5. The molecule has 3 fully saturated rings. The SMILES string of the molecule is CCCO[C@@H]1O[C@H](C)[C@H]([NH3+])[C@H](O[C@@H]2O[C@@H](C(=O)O)[C@H](O[C@@H]3O[C@H](C)[C@H]([NH3+])[C@H](O)[C@H]3NC(C)=O)[C@H](O)[C@H]2NC(C)=O)[C@H]1NC(C)=O. The summed E-state index contributed by atoms with van der Waals surface area (Å²) in [6.45, 7) is 9.24. The van der Waals surface area contributed by atoms with Crippen LogP contribution in [0.25, 0.3) is 0 Å². The summed E-state index contributed by atoms with van der Waals surface area (Å²) in [4.78, 5) is 48.9. The van der Waals surface area contributed by atoms with Crippen molar-refractivity contribution in [3.05, 3.63) is 0 Å². The zero-order chi connectivity index (χ0) is 33.7. The van der Waals surface area contributed by atoms with Gasteiger partial charge in [0.2, 0.25) is 17.7 Å². The molecule has 0 bridgehead atoms. The zero-order valence-electron chi connectivity index (χ0n) is 26.4. The first kappa shape index (κ1) is 36.9. The standard InChI is InChI=1S/C27H47N5O13/c1-7-8-40-25-18(32-13(6)35)21(15(29)10(3)41-25)43-27-17(31-12(5)34)20(37)22(23(45-27)24(38)39)44-26-16(30-11(4)33)19(36)14(28)9(2)42-26/h9-10,14-23,25-27,36-37H,7-8,28-29H2,1-6H3,(H,30,33)(H,31,34)(H,32,35)(H,38,39)/p+2/t9-,10-,14+,15+,16-,17-,18-,19+,20-,21+,22-,23-,25-,26+,27-/m1/s1. The molecule has 0 saturated carbocycles. The number of amides is 3. The number of ether oxygens (including phenoxy) is 6. The number of aliphatic hydroxyl groups is 2. The number of quaternary nitrogens is 2. The molecule has 0 spiro atoms. The largest absolute Gasteiger partial charge is 0.479 e. The van der Waals surface area contributed by atoms with E-state index in [1.165, 1.54) is 20.8 Å². The molecule has 3 amide bonds. The molecule has 3 saturated heterocycles. The summed E-state index contributed by atoms with van der Waals surface area (Å²) < 4.78 is 35.7. The molecular weight excluding hydrogens is 602 g/mol. The lowest BCUT2D eigenvalue weighted by molar-refractivity contribution is -0.488. The molecule has 12 N–H and O–H groups in total. The van der Waals surface area contributed by atoms with E-state index >= 15 is 0 Å². The normalized spacial score (nSPS) is 42.0. The van der Waals surface area contributed by atoms with Crippen molar-refractivity contribution in [3.63, 3.8) is 0 Å². The molecule has 0 aromatic rings. The number of hydrogen-bond donors (Lipinski definition) is 8. The second kappa shape index (κ2) is 15.9. The van der Waals surface area contributed by atoms with Gasteiger partial charge in [-0.05, 0) is 20.3 Å². The summed E-state index contributed by atoms with van der Waals surface area (Å²) in [6, 6.07) is -4.81. The van der Waals surface area contributed by atoms with Crippen LogP contribution in [0.5, 0.6) is 0 Å². The quantitative estimate of drug-likeness (QED) is 0.104. The highest BCUT2D eigenvalue weighted by Gasteiger charge is 2.56. The van der Waals surface area contributed by atoms with E-state index in [4.69, 9.17) is 28.4 Å². The number of carbonyl (C=O) groups excluding carboxylic acids is 3. The third-order valence-electron chi connectivity index (χ3n) is 8.07. The second-order valence-electron chi connectivity index (χ2n) is 11.7. The number of carboxylic acids is 1. The Bertz CT molecular complexity index is 1050. The summed E-state index contributed by atoms with van der Waals surface area (Å²) in [5, 5.41) is 40.4. The van der Waals surface area contributed by atoms with Gasteiger partial charge >= 0.3 is 5.97 Å². The number of aliphatic carboxylic acids is 1. The molecule has 18 heteroatoms. The predicted molar refractivity (Wildman–Crippen MR) is 149 cm³/mol. The Morgan fingerprint density at radius 3 is 1.71 bits per heavy atom. The average molecular weight is 652 g/mol. The molecule has 0 aromatic carbocycles. The van der Waals surface area contributed by atoms with E-state index in [2.05, 4.69) is 27.4 Å². The topological polar surface area (TPSA) is 276 Å². The van der Waals surface area contributed by atoms with Crippen LogP contribution < -0.4 is 27.4 Å². The maximum absolute atomic E-state index is 12.5. The number of nitrogens with one attached hydrogen (secondary N) is 3. The van der Waals surface area contributed by atoms with Gasteiger partial charge < -0.3 is 71.2 Å². The zero-order valence-corrected chi connectivity index (χ0v) is 26.4. The first-order chi connectivity index (χ1) is 21.1. The fraction of sp³-hybridized carbons (Fsp3) is 0.852. The van der Waals surface area contributed by atoms with E-state index in [-0.39, 0.29) is 0 Å². The smallest absolute Gasteiger partial charge is 0.335 e. The molecule has 0 aromatic heterocycles. The minimum Gasteiger partial charge on any atom is -0.479 e. The van der Waals surface area contributed by atoms with Gasteiger partial charge in [-0.3, -0.25) is 14.4 Å². The van der Waals surface area contributed by atoms with Crippen LogP contribution in [0, 0.1) is 0 Å². The van der Waals surface area contributed by atoms with Crippen LogP contribution in [0.2, 0.25) is 0 Å². The molecule has 18 nitrogen and oxygen atoms in total. The Hall–Kier alpha value is -2.52. The van der Waals surface area contributed by atoms with E-state index in [0.29, 0.717) is 13.0 Å². The molecule has 15 atom stereocenters. The van der Waals surface area contributed by atoms with Crippen molar-refractivity contribution in [2.45, 2.75) is 140 Å². The average Bonchev–Trinajstić information content (AvgIpc) is 2.94. The molecule has 0 radical (unpaired) electrons. The van der Waals surface area contributed by atoms with Gasteiger partial charge in [0.1, 0.15) is 66.8 Å². The number of carbonyl (C=O) groups is 4. The first-order valence-electron chi connectivity index (χ1n) is 15.0. The van der Waals surface area contributed by atoms with Gasteiger partial charge in [-0.1, -0.05) is 6.92 Å². The van der Waals surface area contributed by atoms with E-state index in [0.717, 1.165) is 0 Å². The van der Waals surface area contributed by atoms with Crippen LogP contribution in [-0.2, 0) is 47.6 Å². The molecule has 0 unspecified atom stereocenters. The van der Waals surface area contributed by atoms with Gasteiger partial charge in [0.25, 0.3) is 0 Å². The molecule has 45 heavy (non-hydrogen) atoms. The van der Waals surface area contributed by atoms with Crippen LogP contribution >= 0.6 is 0 Å². The summed E-state index contributed by atoms with van der Waals surface area (Å²) in [5.41, 5.74) is 7.98. The third-order valence-corrected chi connectivity index (χ3v) is 8.07. The lowest BCUT2D eigenvalue weighted by Gasteiger charge is -2.49. The minimum atomic E-state index is -1.88. The molecule has 258 valence electrons. The number of aliphatic hydroxyl groups excluding tert-OH is 2. The highest BCUT2D eigenvalue weighted by Crippen LogP contribution is 2.32. The van der Waals surface area contributed by atoms with Gasteiger partial charge in [0.05, 0.1) is 0 Å². The summed E-state index contributed by atoms with van der Waals surface area (Å²) >= 11 is 0. The van der Waals surface area contributed by atoms with E-state index in [9.17, 15) is 34.5 Å². The number of rotatable bonds is 11. The van der Waals surface area contributed by atoms with Crippen LogP contribution in [-0.4, -0.2) is 137 Å². The van der Waals surface area contributed by atoms with Gasteiger partial charge in [0, 0.05) is 27.4 Å². The highest BCUT2D eigenvalue weighted by molar-refractivity contribution is 5.75. The van der Waals surface area contributed by atoms with Gasteiger partial charge in [-0.15, -0.1) is 0 Å². The summed E-state index contributed by atoms with van der Waals surface area (Å²) in [6.07, 6.45) is -12.1. The van der Waals surface area contributed by atoms with E-state index in [1.807, 2.05) is 6.92 Å². The van der Waals surface area contributed by atoms with Gasteiger partial charge in [-0.25, -0.2) is 4.79 Å². The number of hydrogen-bond acceptors (Lipinski definition) is 12. The van der Waals surface area contributed by atoms with Crippen molar-refractivity contribution in [1.82, 2.24) is 16.0 Å². The second-order valence-corrected chi connectivity index (χ2v) is 11.7. The highest BCUT2D eigenvalue weighted by atomic mass is 16.7. The predicted octanol–water partition coefficient (Wildman–Crippen LogP) is -5.06. The Morgan fingerprint density at radius 2 is 1.18 bits per heavy atom. The fourth-order valence-electron chi connectivity index (χ4n) is 5.66. The molecule has 0 aliphatic carbocycles. The minimum absolute atomic E-state index is 0.306. The van der Waals surface area contributed by atoms with Crippen LogP contribution in [0.15, 0.2) is 0 Å². The summed E-state index contributed by atoms with van der Waals surface area (Å²) in [5.74, 6) is -3.10. The number of carboxylic acid groups (broad SMARTS) is 1. The molecule has 3 aliphatic heterocycles. The van der Waals surface area contributed by atoms with Crippen molar-refractivity contribution in [1.29, 1.82) is 0 Å². The van der Waals surface area contributed by atoms with Crippen LogP contribution in [0.3, 0.4) is 0 Å². The molecule has 3 rings (SSSR count). The van der Waals surface area contributed by atoms with Gasteiger partial charge in [-0.2, -0.15) is 0 Å². The Balaban J connectivity index is 1.96. The lowest BCUT2D eigenvalue weighted by atomic mass is 9.92. The van der Waals surface area contributed by atoms with E-state index in [1.54, 1.807) is 13.8 Å². The Kier molecular flexibility index (Phi) is 13.0. The van der Waals surface area contributed by atoms with Crippen molar-refractivity contribution in [2.24, 2.45) is 0 Å². The Morgan fingerprint density at radius 1 is 0.711 bits per heavy atom. The lowest BCUT2D eigenvalue weighted by Crippen LogP contribution is -2.80. The molecule has 3 aliphatic rings. The van der Waals surface area contributed by atoms with E-state index < -0.39 is 115 Å². The van der Waals surface area contributed by atoms with Crippen molar-refractivity contribution in [2.75, 3.05) is 6.61 Å². The third kappa shape index (κ3) is 8.85. The van der Waals surface area contributed by atoms with Gasteiger partial charge in [0.15, 0.2) is 25.0 Å².